The zero-order chi connectivity index (χ0) is 26.2. The summed E-state index contributed by atoms with van der Waals surface area (Å²) < 4.78 is 5.41. The highest BCUT2D eigenvalue weighted by molar-refractivity contribution is 7.27. The van der Waals surface area contributed by atoms with Crippen LogP contribution in [0, 0.1) is 0 Å². The maximum atomic E-state index is 2.44. The van der Waals surface area contributed by atoms with Crippen molar-refractivity contribution in [2.75, 3.05) is 0 Å². The van der Waals surface area contributed by atoms with Crippen LogP contribution in [0.1, 0.15) is 0 Å². The van der Waals surface area contributed by atoms with Crippen molar-refractivity contribution in [2.45, 2.75) is 0 Å². The lowest BCUT2D eigenvalue weighted by atomic mass is 9.85. The molecular formula is C38H22S2. The van der Waals surface area contributed by atoms with Crippen LogP contribution in [0.25, 0.3) is 84.1 Å². The minimum Gasteiger partial charge on any atom is -0.135 e. The van der Waals surface area contributed by atoms with E-state index in [4.69, 9.17) is 0 Å². The molecule has 2 heterocycles. The lowest BCUT2D eigenvalue weighted by molar-refractivity contribution is 1.67. The fourth-order valence-corrected chi connectivity index (χ4v) is 8.87. The SMILES string of the molecule is c1ccc(-c2c3ccccc3c(-c3cccc4sc5cc6c(cc5c34)sc3ccccc36)c3ccccc23)cc1. The van der Waals surface area contributed by atoms with Gasteiger partial charge in [-0.3, -0.25) is 0 Å². The standard InChI is InChI=1S/C38H22S2/c1-2-11-23(12-3-1)36-25-14-4-6-16-27(25)37(28-17-7-5-15-26(28)36)29-18-10-20-33-38(29)31-22-34-30(21-35(31)40-33)24-13-8-9-19-32(24)39-34/h1-22H. The van der Waals surface area contributed by atoms with E-state index in [1.807, 2.05) is 22.7 Å². The van der Waals surface area contributed by atoms with Gasteiger partial charge in [-0.25, -0.2) is 0 Å². The molecule has 0 bridgehead atoms. The van der Waals surface area contributed by atoms with Crippen LogP contribution in [-0.2, 0) is 0 Å². The van der Waals surface area contributed by atoms with Crippen molar-refractivity contribution >= 4 is 84.6 Å². The Balaban J connectivity index is 1.44. The van der Waals surface area contributed by atoms with Gasteiger partial charge in [0.05, 0.1) is 0 Å². The van der Waals surface area contributed by atoms with Gasteiger partial charge in [-0.15, -0.1) is 22.7 Å². The lowest BCUT2D eigenvalue weighted by Crippen LogP contribution is -1.91. The predicted molar refractivity (Wildman–Crippen MR) is 178 cm³/mol. The molecular weight excluding hydrogens is 521 g/mol. The smallest absolute Gasteiger partial charge is 0.0362 e. The Morgan fingerprint density at radius 3 is 1.57 bits per heavy atom. The van der Waals surface area contributed by atoms with Crippen LogP contribution in [0.2, 0.25) is 0 Å². The molecule has 0 aliphatic rings. The van der Waals surface area contributed by atoms with Crippen molar-refractivity contribution < 1.29 is 0 Å². The van der Waals surface area contributed by atoms with Crippen LogP contribution >= 0.6 is 22.7 Å². The summed E-state index contributed by atoms with van der Waals surface area (Å²) in [4.78, 5) is 0. The molecule has 2 heteroatoms. The molecule has 0 nitrogen and oxygen atoms in total. The first kappa shape index (κ1) is 22.3. The highest BCUT2D eigenvalue weighted by Gasteiger charge is 2.20. The van der Waals surface area contributed by atoms with E-state index in [0.717, 1.165) is 0 Å². The Hall–Kier alpha value is -4.50. The first-order valence-corrected chi connectivity index (χ1v) is 15.2. The Labute approximate surface area is 239 Å². The van der Waals surface area contributed by atoms with Crippen LogP contribution in [0.3, 0.4) is 0 Å². The quantitative estimate of drug-likeness (QED) is 0.191. The average Bonchev–Trinajstić information content (AvgIpc) is 3.56. The summed E-state index contributed by atoms with van der Waals surface area (Å²) in [5, 5.41) is 10.6. The van der Waals surface area contributed by atoms with Crippen LogP contribution in [0.4, 0.5) is 0 Å². The molecule has 0 radical (unpaired) electrons. The van der Waals surface area contributed by atoms with E-state index in [1.165, 1.54) is 84.1 Å². The first-order valence-electron chi connectivity index (χ1n) is 13.6. The highest BCUT2D eigenvalue weighted by atomic mass is 32.1. The van der Waals surface area contributed by atoms with Crippen LogP contribution < -0.4 is 0 Å². The van der Waals surface area contributed by atoms with Gasteiger partial charge in [-0.2, -0.15) is 0 Å². The monoisotopic (exact) mass is 542 g/mol. The van der Waals surface area contributed by atoms with E-state index in [2.05, 4.69) is 133 Å². The van der Waals surface area contributed by atoms with E-state index in [9.17, 15) is 0 Å². The first-order chi connectivity index (χ1) is 19.8. The van der Waals surface area contributed by atoms with Crippen molar-refractivity contribution in [1.29, 1.82) is 0 Å². The molecule has 0 atom stereocenters. The molecule has 186 valence electrons. The molecule has 40 heavy (non-hydrogen) atoms. The van der Waals surface area contributed by atoms with Gasteiger partial charge in [0.1, 0.15) is 0 Å². The minimum atomic E-state index is 1.26. The molecule has 0 unspecified atom stereocenters. The van der Waals surface area contributed by atoms with E-state index in [-0.39, 0.29) is 0 Å². The summed E-state index contributed by atoms with van der Waals surface area (Å²) in [5.41, 5.74) is 5.21. The van der Waals surface area contributed by atoms with Gasteiger partial charge in [0.25, 0.3) is 0 Å². The summed E-state index contributed by atoms with van der Waals surface area (Å²) in [6.45, 7) is 0. The molecule has 0 N–H and O–H groups in total. The third kappa shape index (κ3) is 3.12. The molecule has 2 aromatic heterocycles. The van der Waals surface area contributed by atoms with Crippen molar-refractivity contribution in [2.24, 2.45) is 0 Å². The zero-order valence-electron chi connectivity index (χ0n) is 21.5. The van der Waals surface area contributed by atoms with Gasteiger partial charge in [0.15, 0.2) is 0 Å². The van der Waals surface area contributed by atoms with E-state index < -0.39 is 0 Å². The number of thiophene rings is 2. The average molecular weight is 543 g/mol. The molecule has 9 aromatic rings. The molecule has 7 aromatic carbocycles. The fourth-order valence-electron chi connectivity index (χ4n) is 6.59. The van der Waals surface area contributed by atoms with Gasteiger partial charge in [-0.05, 0) is 68.1 Å². The van der Waals surface area contributed by atoms with Crippen LogP contribution in [0.5, 0.6) is 0 Å². The topological polar surface area (TPSA) is 0 Å². The van der Waals surface area contributed by atoms with Crippen molar-refractivity contribution in [1.82, 2.24) is 0 Å². The second-order valence-corrected chi connectivity index (χ2v) is 12.6. The summed E-state index contributed by atoms with van der Waals surface area (Å²) in [5.74, 6) is 0. The fraction of sp³-hybridized carbons (Fsp3) is 0. The van der Waals surface area contributed by atoms with Crippen molar-refractivity contribution in [3.8, 4) is 22.3 Å². The molecule has 0 aliphatic carbocycles. The number of rotatable bonds is 2. The van der Waals surface area contributed by atoms with E-state index >= 15 is 0 Å². The minimum absolute atomic E-state index is 1.26. The molecule has 0 amide bonds. The summed E-state index contributed by atoms with van der Waals surface area (Å²) in [6.07, 6.45) is 0. The molecule has 0 saturated carbocycles. The van der Waals surface area contributed by atoms with Gasteiger partial charge in [0, 0.05) is 40.3 Å². The van der Waals surface area contributed by atoms with Crippen molar-refractivity contribution in [3.63, 3.8) is 0 Å². The normalized spacial score (nSPS) is 12.0. The molecule has 9 rings (SSSR count). The number of hydrogen-bond donors (Lipinski definition) is 0. The highest BCUT2D eigenvalue weighted by Crippen LogP contribution is 2.49. The summed E-state index contributed by atoms with van der Waals surface area (Å²) in [7, 11) is 0. The van der Waals surface area contributed by atoms with Gasteiger partial charge in [-0.1, -0.05) is 109 Å². The predicted octanol–water partition coefficient (Wildman–Crippen LogP) is 12.1. The Kier molecular flexibility index (Phi) is 4.74. The van der Waals surface area contributed by atoms with E-state index in [1.54, 1.807) is 0 Å². The molecule has 0 saturated heterocycles. The number of fused-ring (bicyclic) bond motifs is 8. The Morgan fingerprint density at radius 2 is 0.850 bits per heavy atom. The van der Waals surface area contributed by atoms with Gasteiger partial charge < -0.3 is 0 Å². The largest absolute Gasteiger partial charge is 0.135 e. The Morgan fingerprint density at radius 1 is 0.325 bits per heavy atom. The summed E-state index contributed by atoms with van der Waals surface area (Å²) >= 11 is 3.81. The van der Waals surface area contributed by atoms with E-state index in [0.29, 0.717) is 0 Å². The number of benzene rings is 7. The van der Waals surface area contributed by atoms with Crippen LogP contribution in [0.15, 0.2) is 133 Å². The Bertz CT molecular complexity index is 2370. The maximum Gasteiger partial charge on any atom is 0.0362 e. The third-order valence-corrected chi connectivity index (χ3v) is 10.5. The maximum absolute atomic E-state index is 2.44. The number of hydrogen-bond acceptors (Lipinski definition) is 2. The van der Waals surface area contributed by atoms with Crippen LogP contribution in [-0.4, -0.2) is 0 Å². The second-order valence-electron chi connectivity index (χ2n) is 10.4. The molecule has 0 aliphatic heterocycles. The summed E-state index contributed by atoms with van der Waals surface area (Å²) in [6, 6.07) is 49.3. The zero-order valence-corrected chi connectivity index (χ0v) is 23.2. The third-order valence-electron chi connectivity index (χ3n) is 8.26. The second kappa shape index (κ2) is 8.50. The van der Waals surface area contributed by atoms with Crippen molar-refractivity contribution in [3.05, 3.63) is 133 Å². The lowest BCUT2D eigenvalue weighted by Gasteiger charge is -2.18. The van der Waals surface area contributed by atoms with Gasteiger partial charge >= 0.3 is 0 Å². The van der Waals surface area contributed by atoms with Gasteiger partial charge in [0.2, 0.25) is 0 Å². The molecule has 0 fully saturated rings. The molecule has 0 spiro atoms.